The Morgan fingerprint density at radius 2 is 1.86 bits per heavy atom. The fourth-order valence-electron chi connectivity index (χ4n) is 3.61. The molecule has 1 fully saturated rings. The standard InChI is InChI=1S/C19H31NO/c1-5-7-16-12-19(13-16,14-20-15(3)4)17-8-10-18(11-9-17)21-6-2/h8-11,15-16,20H,5-7,12-14H2,1-4H3. The fraction of sp³-hybridized carbons (Fsp3) is 0.684. The van der Waals surface area contributed by atoms with Crippen molar-refractivity contribution in [1.29, 1.82) is 0 Å². The third kappa shape index (κ3) is 4.00. The van der Waals surface area contributed by atoms with Gasteiger partial charge in [0.25, 0.3) is 0 Å². The summed E-state index contributed by atoms with van der Waals surface area (Å²) < 4.78 is 5.57. The van der Waals surface area contributed by atoms with Gasteiger partial charge in [-0.15, -0.1) is 0 Å². The normalized spacial score (nSPS) is 24.9. The second kappa shape index (κ2) is 7.31. The molecule has 0 heterocycles. The molecule has 1 aliphatic rings. The Balaban J connectivity index is 2.08. The van der Waals surface area contributed by atoms with Crippen molar-refractivity contribution in [1.82, 2.24) is 5.32 Å². The van der Waals surface area contributed by atoms with Gasteiger partial charge < -0.3 is 10.1 Å². The molecule has 0 amide bonds. The summed E-state index contributed by atoms with van der Waals surface area (Å²) in [6, 6.07) is 9.35. The Morgan fingerprint density at radius 1 is 1.19 bits per heavy atom. The first-order valence-corrected chi connectivity index (χ1v) is 8.56. The van der Waals surface area contributed by atoms with Crippen LogP contribution in [0.5, 0.6) is 5.75 Å². The Kier molecular flexibility index (Phi) is 5.69. The lowest BCUT2D eigenvalue weighted by molar-refractivity contribution is 0.126. The number of ether oxygens (including phenoxy) is 1. The number of hydrogen-bond donors (Lipinski definition) is 1. The third-order valence-corrected chi connectivity index (χ3v) is 4.68. The quantitative estimate of drug-likeness (QED) is 0.759. The van der Waals surface area contributed by atoms with Crippen LogP contribution >= 0.6 is 0 Å². The molecule has 118 valence electrons. The van der Waals surface area contributed by atoms with E-state index in [2.05, 4.69) is 50.4 Å². The van der Waals surface area contributed by atoms with Crippen molar-refractivity contribution in [2.75, 3.05) is 13.2 Å². The van der Waals surface area contributed by atoms with Crippen molar-refractivity contribution in [3.8, 4) is 5.75 Å². The van der Waals surface area contributed by atoms with Crippen LogP contribution in [0.2, 0.25) is 0 Å². The summed E-state index contributed by atoms with van der Waals surface area (Å²) in [5, 5.41) is 3.66. The Bertz CT molecular complexity index is 418. The van der Waals surface area contributed by atoms with Crippen molar-refractivity contribution in [2.24, 2.45) is 5.92 Å². The number of benzene rings is 1. The average molecular weight is 289 g/mol. The van der Waals surface area contributed by atoms with E-state index in [1.165, 1.54) is 31.2 Å². The molecule has 1 aromatic rings. The highest BCUT2D eigenvalue weighted by atomic mass is 16.5. The average Bonchev–Trinajstić information content (AvgIpc) is 2.42. The van der Waals surface area contributed by atoms with E-state index in [1.54, 1.807) is 0 Å². The summed E-state index contributed by atoms with van der Waals surface area (Å²) >= 11 is 0. The molecule has 2 nitrogen and oxygen atoms in total. The molecule has 0 radical (unpaired) electrons. The molecular formula is C19H31NO. The Labute approximate surface area is 130 Å². The monoisotopic (exact) mass is 289 g/mol. The van der Waals surface area contributed by atoms with Crippen LogP contribution in [-0.4, -0.2) is 19.2 Å². The molecule has 0 spiro atoms. The van der Waals surface area contributed by atoms with E-state index in [4.69, 9.17) is 4.74 Å². The predicted molar refractivity (Wildman–Crippen MR) is 90.1 cm³/mol. The molecule has 0 atom stereocenters. The van der Waals surface area contributed by atoms with Crippen LogP contribution in [-0.2, 0) is 5.41 Å². The van der Waals surface area contributed by atoms with Crippen LogP contribution in [0.3, 0.4) is 0 Å². The van der Waals surface area contributed by atoms with Crippen molar-refractivity contribution in [3.05, 3.63) is 29.8 Å². The topological polar surface area (TPSA) is 21.3 Å². The molecule has 2 heteroatoms. The summed E-state index contributed by atoms with van der Waals surface area (Å²) in [5.74, 6) is 1.90. The second-order valence-electron chi connectivity index (χ2n) is 6.84. The maximum Gasteiger partial charge on any atom is 0.119 e. The molecule has 0 aliphatic heterocycles. The highest BCUT2D eigenvalue weighted by Crippen LogP contribution is 2.49. The molecule has 21 heavy (non-hydrogen) atoms. The van der Waals surface area contributed by atoms with E-state index in [0.717, 1.165) is 24.8 Å². The third-order valence-electron chi connectivity index (χ3n) is 4.68. The zero-order chi connectivity index (χ0) is 15.3. The van der Waals surface area contributed by atoms with Crippen LogP contribution in [0, 0.1) is 5.92 Å². The number of rotatable bonds is 8. The fourth-order valence-corrected chi connectivity index (χ4v) is 3.61. The first kappa shape index (κ1) is 16.4. The van der Waals surface area contributed by atoms with E-state index in [1.807, 2.05) is 6.92 Å². The minimum atomic E-state index is 0.342. The molecule has 0 saturated heterocycles. The van der Waals surface area contributed by atoms with E-state index >= 15 is 0 Å². The van der Waals surface area contributed by atoms with Crippen molar-refractivity contribution >= 4 is 0 Å². The summed E-state index contributed by atoms with van der Waals surface area (Å²) in [7, 11) is 0. The maximum atomic E-state index is 5.57. The van der Waals surface area contributed by atoms with Crippen LogP contribution in [0.4, 0.5) is 0 Å². The Hall–Kier alpha value is -1.02. The molecular weight excluding hydrogens is 258 g/mol. The van der Waals surface area contributed by atoms with Crippen molar-refractivity contribution in [3.63, 3.8) is 0 Å². The zero-order valence-electron chi connectivity index (χ0n) is 14.1. The summed E-state index contributed by atoms with van der Waals surface area (Å²) in [6.45, 7) is 10.6. The Morgan fingerprint density at radius 3 is 2.38 bits per heavy atom. The zero-order valence-corrected chi connectivity index (χ0v) is 14.1. The van der Waals surface area contributed by atoms with Crippen LogP contribution in [0.1, 0.15) is 58.9 Å². The van der Waals surface area contributed by atoms with Crippen LogP contribution < -0.4 is 10.1 Å². The van der Waals surface area contributed by atoms with Gasteiger partial charge in [-0.3, -0.25) is 0 Å². The van der Waals surface area contributed by atoms with E-state index in [9.17, 15) is 0 Å². The van der Waals surface area contributed by atoms with Gasteiger partial charge in [-0.1, -0.05) is 45.7 Å². The lowest BCUT2D eigenvalue weighted by Gasteiger charge is -2.49. The van der Waals surface area contributed by atoms with Gasteiger partial charge in [0.2, 0.25) is 0 Å². The largest absolute Gasteiger partial charge is 0.494 e. The molecule has 0 bridgehead atoms. The highest BCUT2D eigenvalue weighted by Gasteiger charge is 2.44. The summed E-state index contributed by atoms with van der Waals surface area (Å²) in [6.07, 6.45) is 5.34. The highest BCUT2D eigenvalue weighted by molar-refractivity contribution is 5.35. The van der Waals surface area contributed by atoms with Crippen molar-refractivity contribution in [2.45, 2.75) is 64.8 Å². The predicted octanol–water partition coefficient (Wildman–Crippen LogP) is 4.53. The molecule has 1 saturated carbocycles. The van der Waals surface area contributed by atoms with Crippen LogP contribution in [0.25, 0.3) is 0 Å². The molecule has 1 N–H and O–H groups in total. The molecule has 1 aromatic carbocycles. The first-order valence-electron chi connectivity index (χ1n) is 8.56. The smallest absolute Gasteiger partial charge is 0.119 e. The van der Waals surface area contributed by atoms with Gasteiger partial charge in [0, 0.05) is 18.0 Å². The van der Waals surface area contributed by atoms with Gasteiger partial charge in [0.1, 0.15) is 5.75 Å². The summed E-state index contributed by atoms with van der Waals surface area (Å²) in [5.41, 5.74) is 1.82. The SMILES string of the molecule is CCCC1CC(CNC(C)C)(c2ccc(OCC)cc2)C1. The minimum Gasteiger partial charge on any atom is -0.494 e. The lowest BCUT2D eigenvalue weighted by atomic mass is 9.57. The van der Waals surface area contributed by atoms with Gasteiger partial charge in [-0.2, -0.15) is 0 Å². The molecule has 0 aromatic heterocycles. The van der Waals surface area contributed by atoms with E-state index in [0.29, 0.717) is 11.5 Å². The van der Waals surface area contributed by atoms with Gasteiger partial charge in [0.05, 0.1) is 6.61 Å². The van der Waals surface area contributed by atoms with Crippen LogP contribution in [0.15, 0.2) is 24.3 Å². The van der Waals surface area contributed by atoms with E-state index in [-0.39, 0.29) is 0 Å². The molecule has 1 aliphatic carbocycles. The van der Waals surface area contributed by atoms with Gasteiger partial charge in [0.15, 0.2) is 0 Å². The maximum absolute atomic E-state index is 5.57. The minimum absolute atomic E-state index is 0.342. The van der Waals surface area contributed by atoms with Crippen molar-refractivity contribution < 1.29 is 4.74 Å². The summed E-state index contributed by atoms with van der Waals surface area (Å²) in [4.78, 5) is 0. The number of nitrogens with one attached hydrogen (secondary N) is 1. The molecule has 0 unspecified atom stereocenters. The van der Waals surface area contributed by atoms with Gasteiger partial charge in [-0.05, 0) is 43.4 Å². The van der Waals surface area contributed by atoms with E-state index < -0.39 is 0 Å². The second-order valence-corrected chi connectivity index (χ2v) is 6.84. The van der Waals surface area contributed by atoms with Gasteiger partial charge >= 0.3 is 0 Å². The lowest BCUT2D eigenvalue weighted by Crippen LogP contribution is -2.49. The molecule has 2 rings (SSSR count). The number of hydrogen-bond acceptors (Lipinski definition) is 2. The first-order chi connectivity index (χ1) is 10.1. The van der Waals surface area contributed by atoms with Gasteiger partial charge in [-0.25, -0.2) is 0 Å².